The number of rotatable bonds is 8. The second-order valence-electron chi connectivity index (χ2n) is 8.39. The van der Waals surface area contributed by atoms with Crippen LogP contribution in [0.1, 0.15) is 31.4 Å². The third-order valence-electron chi connectivity index (χ3n) is 5.93. The monoisotopic (exact) mass is 515 g/mol. The van der Waals surface area contributed by atoms with E-state index in [0.29, 0.717) is 36.2 Å². The van der Waals surface area contributed by atoms with Gasteiger partial charge in [0.15, 0.2) is 28.9 Å². The van der Waals surface area contributed by atoms with Gasteiger partial charge in [0, 0.05) is 13.1 Å². The van der Waals surface area contributed by atoms with Gasteiger partial charge >= 0.3 is 0 Å². The molecule has 0 aliphatic carbocycles. The Labute approximate surface area is 207 Å². The molecular formula is C23H25N5O5S2. The van der Waals surface area contributed by atoms with Gasteiger partial charge in [-0.25, -0.2) is 8.42 Å². The highest BCUT2D eigenvalue weighted by atomic mass is 32.2. The molecule has 3 aromatic rings. The van der Waals surface area contributed by atoms with Gasteiger partial charge < -0.3 is 25.2 Å². The van der Waals surface area contributed by atoms with Crippen molar-refractivity contribution in [1.82, 2.24) is 13.1 Å². The normalized spacial score (nSPS) is 16.3. The first-order valence-corrected chi connectivity index (χ1v) is 13.2. The van der Waals surface area contributed by atoms with Gasteiger partial charge in [-0.05, 0) is 49.6 Å². The van der Waals surface area contributed by atoms with E-state index >= 15 is 0 Å². The smallest absolute Gasteiger partial charge is 0.246 e. The van der Waals surface area contributed by atoms with Crippen LogP contribution in [-0.4, -0.2) is 46.5 Å². The maximum absolute atomic E-state index is 13.0. The van der Waals surface area contributed by atoms with Crippen molar-refractivity contribution in [2.75, 3.05) is 30.5 Å². The summed E-state index contributed by atoms with van der Waals surface area (Å²) in [7, 11) is -3.79. The SMILES string of the molecule is C=C(C)[C@@H](Nc1nsnc1Nc1cccc(S(=O)(=O)N2CCCC2)c1O)c1ccc2c(c1)OCO2. The number of aromatic nitrogens is 2. The zero-order chi connectivity index (χ0) is 24.6. The highest BCUT2D eigenvalue weighted by Crippen LogP contribution is 2.39. The Bertz CT molecular complexity index is 1370. The number of benzene rings is 2. The minimum absolute atomic E-state index is 0.137. The van der Waals surface area contributed by atoms with E-state index in [0.717, 1.165) is 35.7 Å². The topological polar surface area (TPSA) is 126 Å². The summed E-state index contributed by atoms with van der Waals surface area (Å²) in [6.45, 7) is 7.08. The number of para-hydroxylation sites is 1. The third kappa shape index (κ3) is 4.51. The second-order valence-corrected chi connectivity index (χ2v) is 10.8. The number of fused-ring (bicyclic) bond motifs is 1. The van der Waals surface area contributed by atoms with E-state index in [1.54, 1.807) is 12.1 Å². The molecule has 5 rings (SSSR count). The largest absolute Gasteiger partial charge is 0.504 e. The van der Waals surface area contributed by atoms with Crippen molar-refractivity contribution in [2.45, 2.75) is 30.7 Å². The average Bonchev–Trinajstić information content (AvgIpc) is 3.60. The Morgan fingerprint density at radius 3 is 2.66 bits per heavy atom. The number of phenolic OH excluding ortho intramolecular Hbond substituents is 1. The fourth-order valence-corrected chi connectivity index (χ4v) is 6.21. The van der Waals surface area contributed by atoms with Crippen molar-refractivity contribution in [3.8, 4) is 17.2 Å². The zero-order valence-corrected chi connectivity index (χ0v) is 20.7. The lowest BCUT2D eigenvalue weighted by atomic mass is 10.0. The summed E-state index contributed by atoms with van der Waals surface area (Å²) < 4.78 is 46.9. The van der Waals surface area contributed by atoms with Gasteiger partial charge in [0.05, 0.1) is 23.5 Å². The van der Waals surface area contributed by atoms with Gasteiger partial charge in [-0.15, -0.1) is 0 Å². The zero-order valence-electron chi connectivity index (χ0n) is 19.0. The molecule has 0 radical (unpaired) electrons. The molecular weight excluding hydrogens is 490 g/mol. The van der Waals surface area contributed by atoms with E-state index in [4.69, 9.17) is 9.47 Å². The second kappa shape index (κ2) is 9.36. The minimum Gasteiger partial charge on any atom is -0.504 e. The van der Waals surface area contributed by atoms with Crippen molar-refractivity contribution >= 4 is 39.1 Å². The molecule has 2 aliphatic heterocycles. The molecule has 1 fully saturated rings. The van der Waals surface area contributed by atoms with E-state index < -0.39 is 10.0 Å². The summed E-state index contributed by atoms with van der Waals surface area (Å²) in [5.41, 5.74) is 1.96. The Balaban J connectivity index is 1.40. The number of nitrogens with one attached hydrogen (secondary N) is 2. The van der Waals surface area contributed by atoms with E-state index in [9.17, 15) is 13.5 Å². The molecule has 0 saturated carbocycles. The molecule has 0 amide bonds. The maximum atomic E-state index is 13.0. The first kappa shape index (κ1) is 23.4. The number of phenols is 1. The molecule has 184 valence electrons. The Morgan fingerprint density at radius 2 is 1.89 bits per heavy atom. The average molecular weight is 516 g/mol. The van der Waals surface area contributed by atoms with Crippen molar-refractivity contribution in [3.05, 3.63) is 54.1 Å². The van der Waals surface area contributed by atoms with Crippen LogP contribution in [0, 0.1) is 0 Å². The highest BCUT2D eigenvalue weighted by molar-refractivity contribution is 7.89. The van der Waals surface area contributed by atoms with Gasteiger partial charge in [-0.1, -0.05) is 24.3 Å². The summed E-state index contributed by atoms with van der Waals surface area (Å²) in [5.74, 6) is 1.78. The molecule has 0 unspecified atom stereocenters. The fraction of sp³-hybridized carbons (Fsp3) is 0.304. The van der Waals surface area contributed by atoms with Crippen LogP contribution in [0.25, 0.3) is 0 Å². The molecule has 1 atom stereocenters. The van der Waals surface area contributed by atoms with Gasteiger partial charge in [0.25, 0.3) is 0 Å². The van der Waals surface area contributed by atoms with Crippen molar-refractivity contribution in [3.63, 3.8) is 0 Å². The molecule has 35 heavy (non-hydrogen) atoms. The Morgan fingerprint density at radius 1 is 1.14 bits per heavy atom. The van der Waals surface area contributed by atoms with Gasteiger partial charge in [0.1, 0.15) is 4.90 Å². The number of hydrogen-bond acceptors (Lipinski definition) is 10. The van der Waals surface area contributed by atoms with E-state index in [1.165, 1.54) is 10.4 Å². The molecule has 2 aromatic carbocycles. The molecule has 3 heterocycles. The lowest BCUT2D eigenvalue weighted by molar-refractivity contribution is 0.174. The molecule has 0 spiro atoms. The van der Waals surface area contributed by atoms with Crippen LogP contribution in [0.5, 0.6) is 17.2 Å². The predicted molar refractivity (Wildman–Crippen MR) is 133 cm³/mol. The molecule has 2 aliphatic rings. The predicted octanol–water partition coefficient (Wildman–Crippen LogP) is 4.23. The highest BCUT2D eigenvalue weighted by Gasteiger charge is 2.30. The maximum Gasteiger partial charge on any atom is 0.246 e. The van der Waals surface area contributed by atoms with Crippen LogP contribution in [0.15, 0.2) is 53.4 Å². The number of hydrogen-bond donors (Lipinski definition) is 3. The minimum atomic E-state index is -3.79. The molecule has 1 aromatic heterocycles. The summed E-state index contributed by atoms with van der Waals surface area (Å²) in [6.07, 6.45) is 1.62. The summed E-state index contributed by atoms with van der Waals surface area (Å²) in [4.78, 5) is -0.137. The van der Waals surface area contributed by atoms with Crippen LogP contribution < -0.4 is 20.1 Å². The summed E-state index contributed by atoms with van der Waals surface area (Å²) in [5, 5.41) is 17.2. The Kier molecular flexibility index (Phi) is 6.26. The first-order valence-electron chi connectivity index (χ1n) is 11.1. The van der Waals surface area contributed by atoms with Crippen molar-refractivity contribution in [1.29, 1.82) is 0 Å². The Hall–Kier alpha value is -3.35. The van der Waals surface area contributed by atoms with E-state index in [2.05, 4.69) is 26.0 Å². The van der Waals surface area contributed by atoms with Crippen LogP contribution in [0.4, 0.5) is 17.3 Å². The van der Waals surface area contributed by atoms with E-state index in [-0.39, 0.29) is 29.2 Å². The quantitative estimate of drug-likeness (QED) is 0.298. The first-order chi connectivity index (χ1) is 16.8. The third-order valence-corrected chi connectivity index (χ3v) is 8.39. The lowest BCUT2D eigenvalue weighted by Gasteiger charge is -2.21. The standard InChI is InChI=1S/C23H25N5O5S2/c1-14(2)20(15-8-9-17-18(12-15)33-13-32-17)25-23-22(26-34-27-23)24-16-6-5-7-19(21(16)29)35(30,31)28-10-3-4-11-28/h5-9,12,20,29H,1,3-4,10-11,13H2,2H3,(H,24,26)(H,25,27)/t20-/m1/s1. The van der Waals surface area contributed by atoms with Crippen LogP contribution in [-0.2, 0) is 10.0 Å². The van der Waals surface area contributed by atoms with Gasteiger partial charge in [-0.2, -0.15) is 13.1 Å². The molecule has 12 heteroatoms. The number of aromatic hydroxyl groups is 1. The number of nitrogens with zero attached hydrogens (tertiary/aromatic N) is 3. The molecule has 1 saturated heterocycles. The van der Waals surface area contributed by atoms with Crippen LogP contribution in [0.3, 0.4) is 0 Å². The molecule has 10 nitrogen and oxygen atoms in total. The van der Waals surface area contributed by atoms with Crippen LogP contribution in [0.2, 0.25) is 0 Å². The fourth-order valence-electron chi connectivity index (χ4n) is 4.11. The molecule has 0 bridgehead atoms. The molecule has 3 N–H and O–H groups in total. The van der Waals surface area contributed by atoms with E-state index in [1.807, 2.05) is 25.1 Å². The van der Waals surface area contributed by atoms with Crippen LogP contribution >= 0.6 is 11.7 Å². The van der Waals surface area contributed by atoms with Crippen molar-refractivity contribution in [2.24, 2.45) is 0 Å². The summed E-state index contributed by atoms with van der Waals surface area (Å²) >= 11 is 0.983. The van der Waals surface area contributed by atoms with Gasteiger partial charge in [0.2, 0.25) is 16.8 Å². The number of ether oxygens (including phenoxy) is 2. The summed E-state index contributed by atoms with van der Waals surface area (Å²) in [6, 6.07) is 9.94. The lowest BCUT2D eigenvalue weighted by Crippen LogP contribution is -2.28. The number of sulfonamides is 1. The van der Waals surface area contributed by atoms with Gasteiger partial charge in [-0.3, -0.25) is 0 Å². The van der Waals surface area contributed by atoms with Crippen molar-refractivity contribution < 1.29 is 23.0 Å². The number of anilines is 3.